The molecular weight excluding hydrogens is 413 g/mol. The van der Waals surface area contributed by atoms with Crippen molar-refractivity contribution in [2.45, 2.75) is 0 Å². The molecule has 0 unspecified atom stereocenters. The molecule has 0 aliphatic rings. The number of hydrogen-bond acceptors (Lipinski definition) is 3. The van der Waals surface area contributed by atoms with E-state index in [1.165, 1.54) is 0 Å². The summed E-state index contributed by atoms with van der Waals surface area (Å²) in [6.07, 6.45) is 0. The van der Waals surface area contributed by atoms with E-state index in [1.54, 1.807) is 18.2 Å². The van der Waals surface area contributed by atoms with Crippen molar-refractivity contribution in [2.75, 3.05) is 0 Å². The highest BCUT2D eigenvalue weighted by Gasteiger charge is 2.12. The standard InChI is InChI=1S/C17H11ClINO2/c18-13-8-6-12(7-9-13)17-16(19)14(20-21)10-15(22-17)11-4-2-1-3-5-11/h1-10,21H/b20-14-. The number of benzene rings is 2. The first-order valence-corrected chi connectivity index (χ1v) is 7.98. The third kappa shape index (κ3) is 3.03. The lowest BCUT2D eigenvalue weighted by Gasteiger charge is -2.08. The molecule has 22 heavy (non-hydrogen) atoms. The van der Waals surface area contributed by atoms with E-state index in [9.17, 15) is 5.21 Å². The van der Waals surface area contributed by atoms with Gasteiger partial charge in [0.2, 0.25) is 0 Å². The summed E-state index contributed by atoms with van der Waals surface area (Å²) >= 11 is 8.04. The van der Waals surface area contributed by atoms with E-state index in [0.29, 0.717) is 21.9 Å². The van der Waals surface area contributed by atoms with Gasteiger partial charge in [-0.25, -0.2) is 0 Å². The Bertz CT molecular complexity index is 858. The second kappa shape index (κ2) is 6.54. The first kappa shape index (κ1) is 15.1. The summed E-state index contributed by atoms with van der Waals surface area (Å²) in [5.41, 5.74) is 1.79. The van der Waals surface area contributed by atoms with Crippen molar-refractivity contribution in [3.63, 3.8) is 0 Å². The lowest BCUT2D eigenvalue weighted by Crippen LogP contribution is -2.08. The highest BCUT2D eigenvalue weighted by atomic mass is 127. The Hall–Kier alpha value is -1.79. The number of nitrogens with zero attached hydrogens (tertiary/aromatic N) is 1. The molecule has 5 heteroatoms. The molecule has 1 heterocycles. The van der Waals surface area contributed by atoms with Crippen LogP contribution in [0.3, 0.4) is 0 Å². The summed E-state index contributed by atoms with van der Waals surface area (Å²) in [7, 11) is 0. The molecule has 0 radical (unpaired) electrons. The van der Waals surface area contributed by atoms with Crippen LogP contribution in [0.1, 0.15) is 0 Å². The molecular formula is C17H11ClINO2. The lowest BCUT2D eigenvalue weighted by molar-refractivity contribution is 0.300. The third-order valence-corrected chi connectivity index (χ3v) is 4.47. The van der Waals surface area contributed by atoms with Crippen LogP contribution in [-0.2, 0) is 0 Å². The van der Waals surface area contributed by atoms with E-state index in [1.807, 2.05) is 42.5 Å². The molecule has 0 aliphatic carbocycles. The fourth-order valence-corrected chi connectivity index (χ4v) is 2.90. The zero-order chi connectivity index (χ0) is 15.5. The average molecular weight is 424 g/mol. The normalized spacial score (nSPS) is 11.6. The van der Waals surface area contributed by atoms with E-state index < -0.39 is 0 Å². The summed E-state index contributed by atoms with van der Waals surface area (Å²) in [4.78, 5) is 0. The molecule has 0 spiro atoms. The van der Waals surface area contributed by atoms with Gasteiger partial charge in [0.15, 0.2) is 0 Å². The topological polar surface area (TPSA) is 45.7 Å². The van der Waals surface area contributed by atoms with Crippen molar-refractivity contribution in [1.29, 1.82) is 0 Å². The van der Waals surface area contributed by atoms with Crippen molar-refractivity contribution < 1.29 is 9.62 Å². The predicted molar refractivity (Wildman–Crippen MR) is 94.7 cm³/mol. The molecule has 3 rings (SSSR count). The molecule has 0 amide bonds. The summed E-state index contributed by atoms with van der Waals surface area (Å²) in [6, 6.07) is 18.8. The van der Waals surface area contributed by atoms with Gasteiger partial charge >= 0.3 is 0 Å². The number of hydrogen-bond donors (Lipinski definition) is 1. The summed E-state index contributed by atoms with van der Waals surface area (Å²) in [5, 5.41) is 13.8. The van der Waals surface area contributed by atoms with Gasteiger partial charge in [-0.05, 0) is 46.9 Å². The zero-order valence-electron chi connectivity index (χ0n) is 11.3. The SMILES string of the molecule is O/N=c1/cc(-c2ccccc2)oc(-c2ccc(Cl)cc2)c1I. The van der Waals surface area contributed by atoms with Crippen LogP contribution in [0.15, 0.2) is 70.2 Å². The molecule has 0 fully saturated rings. The second-order valence-electron chi connectivity index (χ2n) is 4.61. The lowest BCUT2D eigenvalue weighted by atomic mass is 10.1. The van der Waals surface area contributed by atoms with Crippen molar-refractivity contribution in [2.24, 2.45) is 5.16 Å². The highest BCUT2D eigenvalue weighted by molar-refractivity contribution is 14.1. The molecule has 2 aromatic carbocycles. The van der Waals surface area contributed by atoms with Crippen LogP contribution < -0.4 is 5.36 Å². The molecule has 3 aromatic rings. The van der Waals surface area contributed by atoms with Gasteiger partial charge in [0.1, 0.15) is 16.9 Å². The first-order valence-electron chi connectivity index (χ1n) is 6.52. The predicted octanol–water partition coefficient (Wildman–Crippen LogP) is 5.16. The average Bonchev–Trinajstić information content (AvgIpc) is 2.57. The van der Waals surface area contributed by atoms with Gasteiger partial charge in [-0.1, -0.05) is 47.1 Å². The van der Waals surface area contributed by atoms with Gasteiger partial charge in [0, 0.05) is 22.2 Å². The van der Waals surface area contributed by atoms with Gasteiger partial charge in [-0.2, -0.15) is 0 Å². The fourth-order valence-electron chi connectivity index (χ4n) is 2.09. The van der Waals surface area contributed by atoms with Gasteiger partial charge in [-0.15, -0.1) is 0 Å². The quantitative estimate of drug-likeness (QED) is 0.351. The van der Waals surface area contributed by atoms with Crippen LogP contribution >= 0.6 is 34.2 Å². The van der Waals surface area contributed by atoms with Gasteiger partial charge < -0.3 is 9.62 Å². The van der Waals surface area contributed by atoms with Crippen molar-refractivity contribution in [3.05, 3.63) is 74.6 Å². The molecule has 0 aliphatic heterocycles. The largest absolute Gasteiger partial charge is 0.455 e. The molecule has 3 nitrogen and oxygen atoms in total. The third-order valence-electron chi connectivity index (χ3n) is 3.18. The summed E-state index contributed by atoms with van der Waals surface area (Å²) < 4.78 is 6.78. The van der Waals surface area contributed by atoms with Crippen molar-refractivity contribution >= 4 is 34.2 Å². The van der Waals surface area contributed by atoms with E-state index >= 15 is 0 Å². The number of rotatable bonds is 2. The Balaban J connectivity index is 2.24. The highest BCUT2D eigenvalue weighted by Crippen LogP contribution is 2.29. The Morgan fingerprint density at radius 1 is 0.955 bits per heavy atom. The second-order valence-corrected chi connectivity index (χ2v) is 6.13. The van der Waals surface area contributed by atoms with Crippen molar-refractivity contribution in [1.82, 2.24) is 0 Å². The van der Waals surface area contributed by atoms with Crippen molar-refractivity contribution in [3.8, 4) is 22.6 Å². The Labute approximate surface area is 146 Å². The molecule has 110 valence electrons. The Kier molecular flexibility index (Phi) is 4.49. The molecule has 1 N–H and O–H groups in total. The van der Waals surface area contributed by atoms with E-state index in [2.05, 4.69) is 27.7 Å². The molecule has 0 bridgehead atoms. The number of halogens is 2. The minimum Gasteiger partial charge on any atom is -0.455 e. The van der Waals surface area contributed by atoms with Gasteiger partial charge in [0.05, 0.1) is 3.57 Å². The van der Waals surface area contributed by atoms with Gasteiger partial charge in [-0.3, -0.25) is 0 Å². The van der Waals surface area contributed by atoms with Crippen LogP contribution in [0.5, 0.6) is 0 Å². The fraction of sp³-hybridized carbons (Fsp3) is 0. The van der Waals surface area contributed by atoms with Crippen LogP contribution in [0.2, 0.25) is 5.02 Å². The maximum atomic E-state index is 9.26. The molecule has 1 aromatic heterocycles. The van der Waals surface area contributed by atoms with Crippen LogP contribution in [0, 0.1) is 3.57 Å². The Morgan fingerprint density at radius 3 is 2.27 bits per heavy atom. The Morgan fingerprint density at radius 2 is 1.64 bits per heavy atom. The first-order chi connectivity index (χ1) is 10.7. The van der Waals surface area contributed by atoms with Gasteiger partial charge in [0.25, 0.3) is 0 Å². The van der Waals surface area contributed by atoms with Crippen LogP contribution in [-0.4, -0.2) is 5.21 Å². The summed E-state index contributed by atoms with van der Waals surface area (Å²) in [6.45, 7) is 0. The zero-order valence-corrected chi connectivity index (χ0v) is 14.2. The maximum absolute atomic E-state index is 9.26. The molecule has 0 saturated carbocycles. The van der Waals surface area contributed by atoms with Crippen LogP contribution in [0.4, 0.5) is 0 Å². The minimum atomic E-state index is 0.468. The summed E-state index contributed by atoms with van der Waals surface area (Å²) in [5.74, 6) is 1.28. The van der Waals surface area contributed by atoms with Crippen LogP contribution in [0.25, 0.3) is 22.6 Å². The minimum absolute atomic E-state index is 0.468. The molecule has 0 saturated heterocycles. The monoisotopic (exact) mass is 423 g/mol. The van der Waals surface area contributed by atoms with E-state index in [0.717, 1.165) is 14.7 Å². The smallest absolute Gasteiger partial charge is 0.150 e. The molecule has 0 atom stereocenters. The van der Waals surface area contributed by atoms with E-state index in [-0.39, 0.29) is 0 Å². The van der Waals surface area contributed by atoms with E-state index in [4.69, 9.17) is 16.0 Å². The maximum Gasteiger partial charge on any atom is 0.150 e.